The molecule has 3 aromatic rings. The molecule has 9 heteroatoms. The van der Waals surface area contributed by atoms with E-state index in [1.807, 2.05) is 13.8 Å². The van der Waals surface area contributed by atoms with Gasteiger partial charge in [0.25, 0.3) is 11.8 Å². The van der Waals surface area contributed by atoms with E-state index < -0.39 is 5.97 Å². The second-order valence-corrected chi connectivity index (χ2v) is 7.93. The van der Waals surface area contributed by atoms with Gasteiger partial charge in [-0.2, -0.15) is 5.10 Å². The molecule has 0 bridgehead atoms. The van der Waals surface area contributed by atoms with Crippen LogP contribution >= 0.6 is 0 Å². The first kappa shape index (κ1) is 20.5. The summed E-state index contributed by atoms with van der Waals surface area (Å²) in [5.41, 5.74) is 3.62. The molecular formula is C22H23N5O4. The molecule has 9 nitrogen and oxygen atoms in total. The van der Waals surface area contributed by atoms with Gasteiger partial charge in [-0.05, 0) is 56.4 Å². The molecule has 2 amide bonds. The molecule has 0 saturated carbocycles. The minimum Gasteiger partial charge on any atom is -0.478 e. The number of benzene rings is 1. The molecule has 1 aliphatic carbocycles. The summed E-state index contributed by atoms with van der Waals surface area (Å²) < 4.78 is 1.40. The predicted octanol–water partition coefficient (Wildman–Crippen LogP) is 2.29. The Hall–Kier alpha value is -3.75. The van der Waals surface area contributed by atoms with E-state index in [2.05, 4.69) is 20.7 Å². The third-order valence-electron chi connectivity index (χ3n) is 5.47. The highest BCUT2D eigenvalue weighted by Gasteiger charge is 2.28. The number of carbonyl (C=O) groups is 3. The topological polar surface area (TPSA) is 126 Å². The molecule has 0 aliphatic heterocycles. The number of rotatable bonds is 5. The lowest BCUT2D eigenvalue weighted by Gasteiger charge is -2.16. The number of hydrogen-bond acceptors (Lipinski definition) is 5. The SMILES string of the molecule is Cc1c(C(=O)O)ccc2c1CC[C@@H]2NC(=O)c1cc(C(=O)NC(C)C)nc2ccnn12. The van der Waals surface area contributed by atoms with E-state index in [0.717, 1.165) is 16.7 Å². The van der Waals surface area contributed by atoms with E-state index >= 15 is 0 Å². The maximum Gasteiger partial charge on any atom is 0.335 e. The van der Waals surface area contributed by atoms with Crippen LogP contribution in [0, 0.1) is 6.92 Å². The van der Waals surface area contributed by atoms with Crippen LogP contribution in [0.2, 0.25) is 0 Å². The van der Waals surface area contributed by atoms with Crippen molar-refractivity contribution in [1.82, 2.24) is 25.2 Å². The van der Waals surface area contributed by atoms with Crippen molar-refractivity contribution in [3.8, 4) is 0 Å². The Morgan fingerprint density at radius 2 is 1.97 bits per heavy atom. The number of hydrogen-bond donors (Lipinski definition) is 3. The fourth-order valence-electron chi connectivity index (χ4n) is 4.02. The molecule has 2 aromatic heterocycles. The van der Waals surface area contributed by atoms with Gasteiger partial charge in [0.2, 0.25) is 0 Å². The summed E-state index contributed by atoms with van der Waals surface area (Å²) in [5, 5.41) is 19.3. The van der Waals surface area contributed by atoms with Crippen LogP contribution in [-0.4, -0.2) is 43.5 Å². The number of carbonyl (C=O) groups excluding carboxylic acids is 2. The molecule has 2 heterocycles. The van der Waals surface area contributed by atoms with Crippen LogP contribution in [0.1, 0.15) is 74.3 Å². The normalized spacial score (nSPS) is 15.2. The molecule has 160 valence electrons. The summed E-state index contributed by atoms with van der Waals surface area (Å²) in [6.45, 7) is 5.48. The molecule has 0 fully saturated rings. The van der Waals surface area contributed by atoms with Gasteiger partial charge >= 0.3 is 5.97 Å². The Morgan fingerprint density at radius 1 is 1.19 bits per heavy atom. The zero-order valence-corrected chi connectivity index (χ0v) is 17.5. The van der Waals surface area contributed by atoms with Gasteiger partial charge in [0.05, 0.1) is 17.8 Å². The zero-order valence-electron chi connectivity index (χ0n) is 17.5. The van der Waals surface area contributed by atoms with E-state index in [1.54, 1.807) is 25.1 Å². The molecular weight excluding hydrogens is 398 g/mol. The van der Waals surface area contributed by atoms with Gasteiger partial charge in [-0.3, -0.25) is 9.59 Å². The fourth-order valence-corrected chi connectivity index (χ4v) is 4.02. The molecule has 0 saturated heterocycles. The smallest absolute Gasteiger partial charge is 0.335 e. The first-order chi connectivity index (χ1) is 14.8. The van der Waals surface area contributed by atoms with Crippen LogP contribution in [0.15, 0.2) is 30.5 Å². The van der Waals surface area contributed by atoms with Crippen molar-refractivity contribution < 1.29 is 19.5 Å². The molecule has 3 N–H and O–H groups in total. The lowest BCUT2D eigenvalue weighted by Crippen LogP contribution is -2.33. The van der Waals surface area contributed by atoms with Crippen molar-refractivity contribution in [2.24, 2.45) is 0 Å². The summed E-state index contributed by atoms with van der Waals surface area (Å²) in [6.07, 6.45) is 2.87. The summed E-state index contributed by atoms with van der Waals surface area (Å²) in [6, 6.07) is 6.08. The highest BCUT2D eigenvalue weighted by atomic mass is 16.4. The number of nitrogens with zero attached hydrogens (tertiary/aromatic N) is 3. The van der Waals surface area contributed by atoms with Crippen molar-refractivity contribution in [2.45, 2.75) is 45.7 Å². The molecule has 0 radical (unpaired) electrons. The Balaban J connectivity index is 1.65. The van der Waals surface area contributed by atoms with Crippen LogP contribution in [0.5, 0.6) is 0 Å². The molecule has 31 heavy (non-hydrogen) atoms. The standard InChI is InChI=1S/C22H23N5O4/c1-11(2)24-20(28)17-10-18(27-19(25-17)8-9-23-27)21(29)26-16-7-6-13-12(3)14(22(30)31)4-5-15(13)16/h4-5,8-11,16H,6-7H2,1-3H3,(H,24,28)(H,26,29)(H,30,31)/t16-/m0/s1. The van der Waals surface area contributed by atoms with E-state index in [0.29, 0.717) is 18.5 Å². The third-order valence-corrected chi connectivity index (χ3v) is 5.47. The van der Waals surface area contributed by atoms with E-state index in [4.69, 9.17) is 0 Å². The molecule has 1 atom stereocenters. The minimum atomic E-state index is -0.960. The molecule has 4 rings (SSSR count). The summed E-state index contributed by atoms with van der Waals surface area (Å²) in [5.74, 6) is -1.71. The van der Waals surface area contributed by atoms with Crippen molar-refractivity contribution >= 4 is 23.4 Å². The van der Waals surface area contributed by atoms with Gasteiger partial charge in [-0.15, -0.1) is 0 Å². The van der Waals surface area contributed by atoms with Gasteiger partial charge < -0.3 is 15.7 Å². The Morgan fingerprint density at radius 3 is 2.68 bits per heavy atom. The summed E-state index contributed by atoms with van der Waals surface area (Å²) in [4.78, 5) is 41.3. The second-order valence-electron chi connectivity index (χ2n) is 7.93. The first-order valence-corrected chi connectivity index (χ1v) is 10.1. The van der Waals surface area contributed by atoms with Crippen LogP contribution in [0.4, 0.5) is 0 Å². The molecule has 1 aliphatic rings. The number of carboxylic acid groups (broad SMARTS) is 1. The molecule has 1 aromatic carbocycles. The first-order valence-electron chi connectivity index (χ1n) is 10.1. The van der Waals surface area contributed by atoms with Crippen molar-refractivity contribution in [1.29, 1.82) is 0 Å². The number of nitrogens with one attached hydrogen (secondary N) is 2. The van der Waals surface area contributed by atoms with Crippen LogP contribution in [0.25, 0.3) is 5.65 Å². The summed E-state index contributed by atoms with van der Waals surface area (Å²) in [7, 11) is 0. The largest absolute Gasteiger partial charge is 0.478 e. The molecule has 0 spiro atoms. The Bertz CT molecular complexity index is 1210. The number of aromatic carboxylic acids is 1. The van der Waals surface area contributed by atoms with E-state index in [1.165, 1.54) is 16.8 Å². The average molecular weight is 421 g/mol. The number of carboxylic acids is 1. The number of amides is 2. The van der Waals surface area contributed by atoms with Crippen molar-refractivity contribution in [3.63, 3.8) is 0 Å². The summed E-state index contributed by atoms with van der Waals surface area (Å²) >= 11 is 0. The number of aromatic nitrogens is 3. The van der Waals surface area contributed by atoms with Crippen molar-refractivity contribution in [2.75, 3.05) is 0 Å². The van der Waals surface area contributed by atoms with Crippen molar-refractivity contribution in [3.05, 3.63) is 64.1 Å². The fraction of sp³-hybridized carbons (Fsp3) is 0.318. The highest BCUT2D eigenvalue weighted by molar-refractivity contribution is 5.98. The monoisotopic (exact) mass is 421 g/mol. The predicted molar refractivity (Wildman–Crippen MR) is 112 cm³/mol. The maximum atomic E-state index is 13.2. The Labute approximate surface area is 178 Å². The van der Waals surface area contributed by atoms with Gasteiger partial charge in [0.15, 0.2) is 5.65 Å². The average Bonchev–Trinajstić information content (AvgIpc) is 3.34. The van der Waals surface area contributed by atoms with Gasteiger partial charge in [-0.1, -0.05) is 6.07 Å². The van der Waals surface area contributed by atoms with E-state index in [-0.39, 0.29) is 40.8 Å². The maximum absolute atomic E-state index is 13.2. The lowest BCUT2D eigenvalue weighted by molar-refractivity contribution is 0.0695. The molecule has 0 unspecified atom stereocenters. The number of fused-ring (bicyclic) bond motifs is 2. The van der Waals surface area contributed by atoms with Gasteiger partial charge in [0, 0.05) is 18.2 Å². The lowest BCUT2D eigenvalue weighted by atomic mass is 9.98. The van der Waals surface area contributed by atoms with Crippen LogP contribution < -0.4 is 10.6 Å². The van der Waals surface area contributed by atoms with Crippen LogP contribution in [0.3, 0.4) is 0 Å². The van der Waals surface area contributed by atoms with Gasteiger partial charge in [0.1, 0.15) is 11.4 Å². The highest BCUT2D eigenvalue weighted by Crippen LogP contribution is 2.34. The quantitative estimate of drug-likeness (QED) is 0.580. The van der Waals surface area contributed by atoms with Crippen LogP contribution in [-0.2, 0) is 6.42 Å². The second kappa shape index (κ2) is 7.82. The minimum absolute atomic E-state index is 0.0679. The third kappa shape index (κ3) is 3.74. The van der Waals surface area contributed by atoms with E-state index in [9.17, 15) is 19.5 Å². The zero-order chi connectivity index (χ0) is 22.3. The Kier molecular flexibility index (Phi) is 5.18. The van der Waals surface area contributed by atoms with Gasteiger partial charge in [-0.25, -0.2) is 14.3 Å².